The molecule has 0 spiro atoms. The van der Waals surface area contributed by atoms with E-state index < -0.39 is 5.82 Å². The Kier molecular flexibility index (Phi) is 3.00. The second-order valence-corrected chi connectivity index (χ2v) is 3.89. The van der Waals surface area contributed by atoms with Crippen LogP contribution in [0.15, 0.2) is 36.4 Å². The predicted octanol–water partition coefficient (Wildman–Crippen LogP) is 3.39. The van der Waals surface area contributed by atoms with E-state index in [2.05, 4.69) is 0 Å². The molecule has 0 fully saturated rings. The normalized spacial score (nSPS) is 10.3. The van der Waals surface area contributed by atoms with Gasteiger partial charge in [-0.2, -0.15) is 0 Å². The molecule has 2 aromatic rings. The number of benzene rings is 2. The fourth-order valence-electron chi connectivity index (χ4n) is 1.83. The summed E-state index contributed by atoms with van der Waals surface area (Å²) < 4.78 is 18.5. The van der Waals surface area contributed by atoms with Gasteiger partial charge in [0.15, 0.2) is 0 Å². The average molecular weight is 231 g/mol. The van der Waals surface area contributed by atoms with Gasteiger partial charge in [-0.15, -0.1) is 0 Å². The van der Waals surface area contributed by atoms with Crippen LogP contribution in [0.1, 0.15) is 5.56 Å². The van der Waals surface area contributed by atoms with E-state index in [1.54, 1.807) is 19.2 Å². The van der Waals surface area contributed by atoms with Gasteiger partial charge in [0.2, 0.25) is 0 Å². The maximum absolute atomic E-state index is 13.4. The maximum Gasteiger partial charge on any atom is 0.146 e. The standard InChI is InChI=1S/C14H14FNO/c1-9-8-10(6-7-13(9)17-2)11-4-3-5-12(15)14(11)16/h3-8H,16H2,1-2H3. The molecule has 0 aliphatic heterocycles. The number of hydrogen-bond donors (Lipinski definition) is 1. The second-order valence-electron chi connectivity index (χ2n) is 3.89. The van der Waals surface area contributed by atoms with Crippen molar-refractivity contribution in [2.24, 2.45) is 0 Å². The van der Waals surface area contributed by atoms with Gasteiger partial charge in [-0.05, 0) is 36.2 Å². The summed E-state index contributed by atoms with van der Waals surface area (Å²) in [6.07, 6.45) is 0. The summed E-state index contributed by atoms with van der Waals surface area (Å²) in [4.78, 5) is 0. The van der Waals surface area contributed by atoms with Crippen molar-refractivity contribution in [1.82, 2.24) is 0 Å². The van der Waals surface area contributed by atoms with Crippen LogP contribution in [-0.4, -0.2) is 7.11 Å². The number of halogens is 1. The Bertz CT molecular complexity index is 552. The molecule has 88 valence electrons. The first kappa shape index (κ1) is 11.5. The van der Waals surface area contributed by atoms with Gasteiger partial charge in [-0.25, -0.2) is 4.39 Å². The summed E-state index contributed by atoms with van der Waals surface area (Å²) in [5, 5.41) is 0. The van der Waals surface area contributed by atoms with E-state index in [0.29, 0.717) is 5.56 Å². The number of methoxy groups -OCH3 is 1. The van der Waals surface area contributed by atoms with Crippen LogP contribution in [-0.2, 0) is 0 Å². The first-order valence-electron chi connectivity index (χ1n) is 5.32. The van der Waals surface area contributed by atoms with Crippen LogP contribution in [0.3, 0.4) is 0 Å². The molecule has 2 rings (SSSR count). The average Bonchev–Trinajstić information content (AvgIpc) is 2.32. The monoisotopic (exact) mass is 231 g/mol. The summed E-state index contributed by atoms with van der Waals surface area (Å²) in [6.45, 7) is 1.94. The number of nitrogens with two attached hydrogens (primary N) is 1. The third-order valence-electron chi connectivity index (χ3n) is 2.76. The van der Waals surface area contributed by atoms with E-state index in [1.165, 1.54) is 6.07 Å². The lowest BCUT2D eigenvalue weighted by Crippen LogP contribution is -1.95. The number of hydrogen-bond acceptors (Lipinski definition) is 2. The van der Waals surface area contributed by atoms with Crippen molar-refractivity contribution in [2.75, 3.05) is 12.8 Å². The zero-order valence-corrected chi connectivity index (χ0v) is 9.83. The minimum atomic E-state index is -0.393. The molecule has 2 N–H and O–H groups in total. The molecule has 0 atom stereocenters. The van der Waals surface area contributed by atoms with Crippen LogP contribution >= 0.6 is 0 Å². The lowest BCUT2D eigenvalue weighted by Gasteiger charge is -2.10. The summed E-state index contributed by atoms with van der Waals surface area (Å²) >= 11 is 0. The van der Waals surface area contributed by atoms with Gasteiger partial charge in [0.1, 0.15) is 11.6 Å². The van der Waals surface area contributed by atoms with Gasteiger partial charge in [0.25, 0.3) is 0 Å². The van der Waals surface area contributed by atoms with Crippen molar-refractivity contribution in [1.29, 1.82) is 0 Å². The molecule has 0 aliphatic carbocycles. The smallest absolute Gasteiger partial charge is 0.146 e. The number of ether oxygens (including phenoxy) is 1. The van der Waals surface area contributed by atoms with Crippen molar-refractivity contribution < 1.29 is 9.13 Å². The zero-order valence-electron chi connectivity index (χ0n) is 9.83. The van der Waals surface area contributed by atoms with E-state index in [0.717, 1.165) is 16.9 Å². The minimum absolute atomic E-state index is 0.178. The van der Waals surface area contributed by atoms with E-state index >= 15 is 0 Å². The van der Waals surface area contributed by atoms with Crippen LogP contribution in [0.5, 0.6) is 5.75 Å². The molecule has 0 heterocycles. The van der Waals surface area contributed by atoms with Crippen LogP contribution in [0.4, 0.5) is 10.1 Å². The highest BCUT2D eigenvalue weighted by molar-refractivity contribution is 5.77. The fraction of sp³-hybridized carbons (Fsp3) is 0.143. The Balaban J connectivity index is 2.54. The Morgan fingerprint density at radius 2 is 1.94 bits per heavy atom. The number of para-hydroxylation sites is 1. The molecule has 0 aliphatic rings. The van der Waals surface area contributed by atoms with Gasteiger partial charge >= 0.3 is 0 Å². The van der Waals surface area contributed by atoms with Gasteiger partial charge < -0.3 is 10.5 Å². The fourth-order valence-corrected chi connectivity index (χ4v) is 1.83. The van der Waals surface area contributed by atoms with Crippen LogP contribution in [0.25, 0.3) is 11.1 Å². The molecule has 17 heavy (non-hydrogen) atoms. The molecule has 0 saturated carbocycles. The van der Waals surface area contributed by atoms with E-state index in [9.17, 15) is 4.39 Å². The molecule has 2 aromatic carbocycles. The topological polar surface area (TPSA) is 35.2 Å². The van der Waals surface area contributed by atoms with Crippen LogP contribution in [0.2, 0.25) is 0 Å². The van der Waals surface area contributed by atoms with Crippen molar-refractivity contribution in [3.8, 4) is 16.9 Å². The maximum atomic E-state index is 13.4. The number of rotatable bonds is 2. The largest absolute Gasteiger partial charge is 0.496 e. The van der Waals surface area contributed by atoms with Gasteiger partial charge in [0, 0.05) is 5.56 Å². The van der Waals surface area contributed by atoms with Gasteiger partial charge in [0.05, 0.1) is 12.8 Å². The number of anilines is 1. The Labute approximate surface area is 99.8 Å². The van der Waals surface area contributed by atoms with Crippen molar-refractivity contribution in [3.63, 3.8) is 0 Å². The highest BCUT2D eigenvalue weighted by atomic mass is 19.1. The third kappa shape index (κ3) is 2.09. The first-order chi connectivity index (χ1) is 8.13. The lowest BCUT2D eigenvalue weighted by molar-refractivity contribution is 0.412. The molecular weight excluding hydrogens is 217 g/mol. The number of nitrogen functional groups attached to an aromatic ring is 1. The van der Waals surface area contributed by atoms with E-state index in [1.807, 2.05) is 25.1 Å². The molecule has 0 bridgehead atoms. The summed E-state index contributed by atoms with van der Waals surface area (Å²) in [7, 11) is 1.62. The van der Waals surface area contributed by atoms with Gasteiger partial charge in [-0.1, -0.05) is 18.2 Å². The Morgan fingerprint density at radius 3 is 2.59 bits per heavy atom. The summed E-state index contributed by atoms with van der Waals surface area (Å²) in [5.74, 6) is 0.416. The third-order valence-corrected chi connectivity index (χ3v) is 2.76. The molecule has 3 heteroatoms. The quantitative estimate of drug-likeness (QED) is 0.804. The SMILES string of the molecule is COc1ccc(-c2cccc(F)c2N)cc1C. The van der Waals surface area contributed by atoms with E-state index in [4.69, 9.17) is 10.5 Å². The Hall–Kier alpha value is -2.03. The lowest BCUT2D eigenvalue weighted by atomic mass is 10.0. The molecule has 0 amide bonds. The van der Waals surface area contributed by atoms with E-state index in [-0.39, 0.29) is 5.69 Å². The Morgan fingerprint density at radius 1 is 1.18 bits per heavy atom. The molecule has 2 nitrogen and oxygen atoms in total. The highest BCUT2D eigenvalue weighted by Crippen LogP contribution is 2.30. The second kappa shape index (κ2) is 4.45. The minimum Gasteiger partial charge on any atom is -0.496 e. The molecule has 0 saturated heterocycles. The van der Waals surface area contributed by atoms with Crippen molar-refractivity contribution in [2.45, 2.75) is 6.92 Å². The van der Waals surface area contributed by atoms with Crippen LogP contribution in [0, 0.1) is 12.7 Å². The van der Waals surface area contributed by atoms with Crippen LogP contribution < -0.4 is 10.5 Å². The molecule has 0 aromatic heterocycles. The first-order valence-corrected chi connectivity index (χ1v) is 5.32. The molecular formula is C14H14FNO. The van der Waals surface area contributed by atoms with Crippen molar-refractivity contribution in [3.05, 3.63) is 47.8 Å². The molecule has 0 unspecified atom stereocenters. The predicted molar refractivity (Wildman–Crippen MR) is 67.5 cm³/mol. The zero-order chi connectivity index (χ0) is 12.4. The van der Waals surface area contributed by atoms with Crippen molar-refractivity contribution >= 4 is 5.69 Å². The molecule has 0 radical (unpaired) electrons. The summed E-state index contributed by atoms with van der Waals surface area (Å²) in [6, 6.07) is 10.5. The summed E-state index contributed by atoms with van der Waals surface area (Å²) in [5.41, 5.74) is 8.49. The van der Waals surface area contributed by atoms with Gasteiger partial charge in [-0.3, -0.25) is 0 Å². The number of aryl methyl sites for hydroxylation is 1. The highest BCUT2D eigenvalue weighted by Gasteiger charge is 2.08.